The molecule has 1 aromatic rings. The Labute approximate surface area is 87.7 Å². The lowest BCUT2D eigenvalue weighted by molar-refractivity contribution is -0.0474. The van der Waals surface area contributed by atoms with Crippen LogP contribution in [0.3, 0.4) is 0 Å². The zero-order valence-electron chi connectivity index (χ0n) is 8.27. The molecule has 1 N–H and O–H groups in total. The van der Waals surface area contributed by atoms with E-state index in [0.29, 0.717) is 18.9 Å². The van der Waals surface area contributed by atoms with Crippen LogP contribution in [0.5, 0.6) is 0 Å². The van der Waals surface area contributed by atoms with Crippen LogP contribution in [-0.4, -0.2) is 29.4 Å². The largest absolute Gasteiger partial charge is 0.387 e. The highest BCUT2D eigenvalue weighted by Gasteiger charge is 2.44. The summed E-state index contributed by atoms with van der Waals surface area (Å²) in [6, 6.07) is 0. The van der Waals surface area contributed by atoms with Crippen LogP contribution in [0.25, 0.3) is 0 Å². The van der Waals surface area contributed by atoms with Crippen LogP contribution in [0.1, 0.15) is 17.8 Å². The third kappa shape index (κ3) is 2.13. The molecular weight excluding hydrogens is 198 g/mol. The Bertz CT molecular complexity index is 284. The van der Waals surface area contributed by atoms with Crippen molar-refractivity contribution in [1.82, 2.24) is 4.98 Å². The summed E-state index contributed by atoms with van der Waals surface area (Å²) in [4.78, 5) is 4.20. The molecule has 1 aliphatic rings. The molecule has 0 aliphatic heterocycles. The first kappa shape index (κ1) is 10.1. The fraction of sp³-hybridized carbons (Fsp3) is 0.700. The van der Waals surface area contributed by atoms with Crippen molar-refractivity contribution in [2.45, 2.75) is 24.9 Å². The van der Waals surface area contributed by atoms with E-state index in [4.69, 9.17) is 4.74 Å². The molecule has 1 heterocycles. The summed E-state index contributed by atoms with van der Waals surface area (Å²) in [5.74, 6) is 0.409. The van der Waals surface area contributed by atoms with Gasteiger partial charge in [0.05, 0.1) is 17.2 Å². The molecule has 14 heavy (non-hydrogen) atoms. The molecule has 78 valence electrons. The van der Waals surface area contributed by atoms with E-state index in [-0.39, 0.29) is 0 Å². The molecule has 0 aromatic carbocycles. The van der Waals surface area contributed by atoms with Gasteiger partial charge in [-0.25, -0.2) is 4.98 Å². The Morgan fingerprint density at radius 3 is 3.00 bits per heavy atom. The van der Waals surface area contributed by atoms with Gasteiger partial charge < -0.3 is 9.84 Å². The van der Waals surface area contributed by atoms with E-state index in [0.717, 1.165) is 17.8 Å². The van der Waals surface area contributed by atoms with Crippen LogP contribution in [-0.2, 0) is 11.2 Å². The van der Waals surface area contributed by atoms with Gasteiger partial charge in [0.2, 0.25) is 0 Å². The van der Waals surface area contributed by atoms with Crippen LogP contribution in [0.4, 0.5) is 0 Å². The second-order valence-corrected chi connectivity index (χ2v) is 4.89. The van der Waals surface area contributed by atoms with Crippen molar-refractivity contribution in [3.8, 4) is 0 Å². The molecule has 1 aliphatic carbocycles. The van der Waals surface area contributed by atoms with E-state index in [1.807, 2.05) is 5.38 Å². The number of thiazole rings is 1. The van der Waals surface area contributed by atoms with Crippen LogP contribution in [0, 0.1) is 5.92 Å². The van der Waals surface area contributed by atoms with Crippen molar-refractivity contribution in [1.29, 1.82) is 0 Å². The number of aromatic nitrogens is 1. The highest BCUT2D eigenvalue weighted by Crippen LogP contribution is 2.41. The first-order chi connectivity index (χ1) is 6.74. The Morgan fingerprint density at radius 2 is 2.50 bits per heavy atom. The summed E-state index contributed by atoms with van der Waals surface area (Å²) in [7, 11) is 1.63. The summed E-state index contributed by atoms with van der Waals surface area (Å²) in [6.45, 7) is 0.414. The van der Waals surface area contributed by atoms with Crippen molar-refractivity contribution in [3.05, 3.63) is 16.6 Å². The summed E-state index contributed by atoms with van der Waals surface area (Å²) >= 11 is 1.59. The predicted molar refractivity (Wildman–Crippen MR) is 55.4 cm³/mol. The normalized spacial score (nSPS) is 20.7. The van der Waals surface area contributed by atoms with Crippen LogP contribution in [0.2, 0.25) is 0 Å². The zero-order chi connectivity index (χ0) is 10.0. The van der Waals surface area contributed by atoms with E-state index < -0.39 is 5.60 Å². The highest BCUT2D eigenvalue weighted by atomic mass is 32.1. The monoisotopic (exact) mass is 213 g/mol. The molecular formula is C10H15NO2S. The van der Waals surface area contributed by atoms with Crippen molar-refractivity contribution in [2.24, 2.45) is 5.92 Å². The van der Waals surface area contributed by atoms with Gasteiger partial charge >= 0.3 is 0 Å². The van der Waals surface area contributed by atoms with Gasteiger partial charge in [-0.2, -0.15) is 0 Å². The van der Waals surface area contributed by atoms with E-state index in [1.54, 1.807) is 24.6 Å². The average Bonchev–Trinajstić information content (AvgIpc) is 2.89. The van der Waals surface area contributed by atoms with E-state index in [2.05, 4.69) is 4.98 Å². The molecule has 1 fully saturated rings. The van der Waals surface area contributed by atoms with Gasteiger partial charge in [0.1, 0.15) is 0 Å². The highest BCUT2D eigenvalue weighted by molar-refractivity contribution is 7.09. The van der Waals surface area contributed by atoms with Gasteiger partial charge in [0, 0.05) is 25.1 Å². The van der Waals surface area contributed by atoms with Crippen molar-refractivity contribution in [3.63, 3.8) is 0 Å². The number of hydrogen-bond acceptors (Lipinski definition) is 4. The Hall–Kier alpha value is -0.450. The molecule has 1 atom stereocenters. The Balaban J connectivity index is 2.03. The third-order valence-corrected chi connectivity index (χ3v) is 3.45. The van der Waals surface area contributed by atoms with Gasteiger partial charge in [-0.3, -0.25) is 0 Å². The van der Waals surface area contributed by atoms with Crippen LogP contribution in [0.15, 0.2) is 11.6 Å². The molecule has 2 rings (SSSR count). The van der Waals surface area contributed by atoms with Gasteiger partial charge in [-0.1, -0.05) is 0 Å². The van der Waals surface area contributed by atoms with Crippen molar-refractivity contribution < 1.29 is 9.84 Å². The minimum Gasteiger partial charge on any atom is -0.387 e. The lowest BCUT2D eigenvalue weighted by atomic mass is 9.95. The summed E-state index contributed by atoms with van der Waals surface area (Å²) in [5.41, 5.74) is -0.688. The maximum Gasteiger partial charge on any atom is 0.0971 e. The first-order valence-corrected chi connectivity index (χ1v) is 5.72. The van der Waals surface area contributed by atoms with Crippen LogP contribution >= 0.6 is 11.3 Å². The smallest absolute Gasteiger partial charge is 0.0971 e. The van der Waals surface area contributed by atoms with Gasteiger partial charge in [-0.15, -0.1) is 11.3 Å². The molecule has 0 bridgehead atoms. The molecule has 0 saturated heterocycles. The number of ether oxygens (including phenoxy) is 1. The van der Waals surface area contributed by atoms with Gasteiger partial charge in [-0.05, 0) is 18.8 Å². The minimum atomic E-state index is -0.688. The molecule has 0 spiro atoms. The second kappa shape index (κ2) is 3.96. The van der Waals surface area contributed by atoms with Crippen LogP contribution < -0.4 is 0 Å². The quantitative estimate of drug-likeness (QED) is 0.805. The van der Waals surface area contributed by atoms with E-state index in [9.17, 15) is 5.11 Å². The van der Waals surface area contributed by atoms with E-state index >= 15 is 0 Å². The average molecular weight is 213 g/mol. The standard InChI is InChI=1S/C10H15NO2S/c1-13-7-10(12,8-2-3-8)6-9-11-4-5-14-9/h4-5,8,12H,2-3,6-7H2,1H3. The molecule has 1 saturated carbocycles. The second-order valence-electron chi connectivity index (χ2n) is 3.91. The van der Waals surface area contributed by atoms with E-state index in [1.165, 1.54) is 0 Å². The van der Waals surface area contributed by atoms with Gasteiger partial charge in [0.15, 0.2) is 0 Å². The lowest BCUT2D eigenvalue weighted by Crippen LogP contribution is -2.39. The zero-order valence-corrected chi connectivity index (χ0v) is 9.09. The number of aliphatic hydroxyl groups is 1. The fourth-order valence-corrected chi connectivity index (χ4v) is 2.52. The summed E-state index contributed by atoms with van der Waals surface area (Å²) < 4.78 is 5.08. The minimum absolute atomic E-state index is 0.409. The maximum atomic E-state index is 10.4. The Kier molecular flexibility index (Phi) is 2.85. The van der Waals surface area contributed by atoms with Crippen molar-refractivity contribution >= 4 is 11.3 Å². The topological polar surface area (TPSA) is 42.4 Å². The summed E-state index contributed by atoms with van der Waals surface area (Å²) in [5, 5.41) is 13.3. The number of nitrogens with zero attached hydrogens (tertiary/aromatic N) is 1. The first-order valence-electron chi connectivity index (χ1n) is 4.84. The molecule has 0 amide bonds. The molecule has 4 heteroatoms. The number of hydrogen-bond donors (Lipinski definition) is 1. The maximum absolute atomic E-state index is 10.4. The fourth-order valence-electron chi connectivity index (χ4n) is 1.79. The molecule has 3 nitrogen and oxygen atoms in total. The number of methoxy groups -OCH3 is 1. The van der Waals surface area contributed by atoms with Gasteiger partial charge in [0.25, 0.3) is 0 Å². The molecule has 1 unspecified atom stereocenters. The Morgan fingerprint density at radius 1 is 1.71 bits per heavy atom. The third-order valence-electron chi connectivity index (χ3n) is 2.67. The molecule has 1 aromatic heterocycles. The predicted octanol–water partition coefficient (Wildman–Crippen LogP) is 1.47. The SMILES string of the molecule is COCC(O)(Cc1nccs1)C1CC1. The van der Waals surface area contributed by atoms with Crippen molar-refractivity contribution in [2.75, 3.05) is 13.7 Å². The lowest BCUT2D eigenvalue weighted by Gasteiger charge is -2.26. The summed E-state index contributed by atoms with van der Waals surface area (Å²) in [6.07, 6.45) is 4.64. The molecule has 0 radical (unpaired) electrons. The number of rotatable bonds is 5.